The molecule has 0 aliphatic heterocycles. The van der Waals surface area contributed by atoms with E-state index in [0.717, 1.165) is 17.7 Å². The zero-order valence-electron chi connectivity index (χ0n) is 17.8. The number of nitrogens with one attached hydrogen (secondary N) is 2. The Hall–Kier alpha value is -3.80. The second-order valence-electron chi connectivity index (χ2n) is 6.94. The SMILES string of the molecule is CCc1ccccc1NC(=O)c1ccc(O[C@H](C)C(=O)Nc2ccccc2OC)cc1. The Morgan fingerprint density at radius 1 is 0.871 bits per heavy atom. The van der Waals surface area contributed by atoms with Gasteiger partial charge in [0.05, 0.1) is 12.8 Å². The monoisotopic (exact) mass is 418 g/mol. The fourth-order valence-electron chi connectivity index (χ4n) is 3.07. The number of carbonyl (C=O) groups is 2. The highest BCUT2D eigenvalue weighted by Gasteiger charge is 2.17. The fourth-order valence-corrected chi connectivity index (χ4v) is 3.07. The van der Waals surface area contributed by atoms with Crippen LogP contribution in [0, 0.1) is 0 Å². The van der Waals surface area contributed by atoms with E-state index in [1.807, 2.05) is 43.3 Å². The highest BCUT2D eigenvalue weighted by atomic mass is 16.5. The molecule has 31 heavy (non-hydrogen) atoms. The van der Waals surface area contributed by atoms with Crippen LogP contribution in [0.3, 0.4) is 0 Å². The number of methoxy groups -OCH3 is 1. The summed E-state index contributed by atoms with van der Waals surface area (Å²) in [6.07, 6.45) is 0.0962. The van der Waals surface area contributed by atoms with Crippen LogP contribution in [0.5, 0.6) is 11.5 Å². The number of ether oxygens (including phenoxy) is 2. The maximum absolute atomic E-state index is 12.6. The average molecular weight is 418 g/mol. The third-order valence-corrected chi connectivity index (χ3v) is 4.81. The first-order valence-corrected chi connectivity index (χ1v) is 10.1. The highest BCUT2D eigenvalue weighted by molar-refractivity contribution is 6.04. The summed E-state index contributed by atoms with van der Waals surface area (Å²) >= 11 is 0. The largest absolute Gasteiger partial charge is 0.495 e. The molecule has 3 aromatic rings. The Kier molecular flexibility index (Phi) is 7.27. The Balaban J connectivity index is 1.60. The number of amides is 2. The molecule has 0 aliphatic rings. The Morgan fingerprint density at radius 3 is 2.19 bits per heavy atom. The van der Waals surface area contributed by atoms with E-state index in [-0.39, 0.29) is 11.8 Å². The molecule has 160 valence electrons. The Labute approximate surface area is 182 Å². The lowest BCUT2D eigenvalue weighted by Gasteiger charge is -2.16. The van der Waals surface area contributed by atoms with Crippen molar-refractivity contribution in [1.82, 2.24) is 0 Å². The lowest BCUT2D eigenvalue weighted by atomic mass is 10.1. The summed E-state index contributed by atoms with van der Waals surface area (Å²) in [5, 5.41) is 5.73. The number of rotatable bonds is 8. The van der Waals surface area contributed by atoms with Crippen LogP contribution in [-0.2, 0) is 11.2 Å². The van der Waals surface area contributed by atoms with Crippen molar-refractivity contribution in [2.45, 2.75) is 26.4 Å². The molecule has 0 radical (unpaired) electrons. The Morgan fingerprint density at radius 2 is 1.52 bits per heavy atom. The number of anilines is 2. The van der Waals surface area contributed by atoms with Gasteiger partial charge in [0, 0.05) is 11.3 Å². The number of hydrogen-bond acceptors (Lipinski definition) is 4. The zero-order valence-corrected chi connectivity index (χ0v) is 17.8. The minimum Gasteiger partial charge on any atom is -0.495 e. The van der Waals surface area contributed by atoms with Crippen LogP contribution >= 0.6 is 0 Å². The molecule has 2 N–H and O–H groups in total. The van der Waals surface area contributed by atoms with Crippen molar-refractivity contribution in [3.8, 4) is 11.5 Å². The summed E-state index contributed by atoms with van der Waals surface area (Å²) in [6, 6.07) is 21.6. The molecule has 0 aromatic heterocycles. The van der Waals surface area contributed by atoms with Gasteiger partial charge >= 0.3 is 0 Å². The molecule has 3 aromatic carbocycles. The molecule has 0 unspecified atom stereocenters. The average Bonchev–Trinajstić information content (AvgIpc) is 2.80. The predicted octanol–water partition coefficient (Wildman–Crippen LogP) is 4.92. The van der Waals surface area contributed by atoms with Crippen LogP contribution in [0.1, 0.15) is 29.8 Å². The summed E-state index contributed by atoms with van der Waals surface area (Å²) in [5.41, 5.74) is 2.96. The van der Waals surface area contributed by atoms with Crippen molar-refractivity contribution in [2.24, 2.45) is 0 Å². The van der Waals surface area contributed by atoms with Gasteiger partial charge in [-0.25, -0.2) is 0 Å². The van der Waals surface area contributed by atoms with Crippen LogP contribution < -0.4 is 20.1 Å². The van der Waals surface area contributed by atoms with Crippen molar-refractivity contribution in [2.75, 3.05) is 17.7 Å². The maximum Gasteiger partial charge on any atom is 0.265 e. The van der Waals surface area contributed by atoms with Crippen molar-refractivity contribution in [1.29, 1.82) is 0 Å². The van der Waals surface area contributed by atoms with Gasteiger partial charge in [-0.3, -0.25) is 9.59 Å². The maximum atomic E-state index is 12.6. The van der Waals surface area contributed by atoms with E-state index in [1.54, 1.807) is 50.4 Å². The molecule has 2 amide bonds. The summed E-state index contributed by atoms with van der Waals surface area (Å²) in [6.45, 7) is 3.70. The second-order valence-corrected chi connectivity index (χ2v) is 6.94. The lowest BCUT2D eigenvalue weighted by Crippen LogP contribution is -2.30. The van der Waals surface area contributed by atoms with Gasteiger partial charge < -0.3 is 20.1 Å². The first-order chi connectivity index (χ1) is 15.0. The summed E-state index contributed by atoms with van der Waals surface area (Å²) < 4.78 is 11.0. The van der Waals surface area contributed by atoms with Gasteiger partial charge in [0.25, 0.3) is 11.8 Å². The molecule has 0 saturated carbocycles. The van der Waals surface area contributed by atoms with E-state index in [0.29, 0.717) is 22.7 Å². The van der Waals surface area contributed by atoms with Crippen molar-refractivity contribution >= 4 is 23.2 Å². The lowest BCUT2D eigenvalue weighted by molar-refractivity contribution is -0.122. The fraction of sp³-hybridized carbons (Fsp3) is 0.200. The number of carbonyl (C=O) groups excluding carboxylic acids is 2. The third-order valence-electron chi connectivity index (χ3n) is 4.81. The van der Waals surface area contributed by atoms with E-state index in [2.05, 4.69) is 10.6 Å². The standard InChI is InChI=1S/C25H26N2O4/c1-4-18-9-5-6-10-21(18)26-25(29)19-13-15-20(16-14-19)31-17(2)24(28)27-22-11-7-8-12-23(22)30-3/h5-17H,4H2,1-3H3,(H,26,29)(H,27,28)/t17-/m1/s1. The third kappa shape index (κ3) is 5.63. The van der Waals surface area contributed by atoms with Crippen LogP contribution in [0.4, 0.5) is 11.4 Å². The minimum atomic E-state index is -0.735. The quantitative estimate of drug-likeness (QED) is 0.545. The van der Waals surface area contributed by atoms with Crippen molar-refractivity contribution in [3.63, 3.8) is 0 Å². The van der Waals surface area contributed by atoms with Gasteiger partial charge in [-0.1, -0.05) is 37.3 Å². The molecule has 0 saturated heterocycles. The van der Waals surface area contributed by atoms with Crippen molar-refractivity contribution < 1.29 is 19.1 Å². The van der Waals surface area contributed by atoms with E-state index < -0.39 is 6.10 Å². The molecule has 3 rings (SSSR count). The van der Waals surface area contributed by atoms with Crippen LogP contribution in [-0.4, -0.2) is 25.0 Å². The van der Waals surface area contributed by atoms with Gasteiger partial charge in [-0.2, -0.15) is 0 Å². The van der Waals surface area contributed by atoms with Crippen LogP contribution in [0.2, 0.25) is 0 Å². The van der Waals surface area contributed by atoms with Gasteiger partial charge in [0.1, 0.15) is 11.5 Å². The van der Waals surface area contributed by atoms with Gasteiger partial charge in [-0.05, 0) is 61.4 Å². The van der Waals surface area contributed by atoms with Crippen LogP contribution in [0.25, 0.3) is 0 Å². The van der Waals surface area contributed by atoms with E-state index in [1.165, 1.54) is 0 Å². The smallest absolute Gasteiger partial charge is 0.265 e. The van der Waals surface area contributed by atoms with E-state index in [9.17, 15) is 9.59 Å². The topological polar surface area (TPSA) is 76.7 Å². The summed E-state index contributed by atoms with van der Waals surface area (Å²) in [5.74, 6) is 0.563. The summed E-state index contributed by atoms with van der Waals surface area (Å²) in [4.78, 5) is 25.0. The molecular formula is C25H26N2O4. The number of hydrogen-bond donors (Lipinski definition) is 2. The number of aryl methyl sites for hydroxylation is 1. The minimum absolute atomic E-state index is 0.200. The first kappa shape index (κ1) is 21.9. The molecule has 0 bridgehead atoms. The predicted molar refractivity (Wildman–Crippen MR) is 122 cm³/mol. The first-order valence-electron chi connectivity index (χ1n) is 10.1. The van der Waals surface area contributed by atoms with Gasteiger partial charge in [0.2, 0.25) is 0 Å². The molecular weight excluding hydrogens is 392 g/mol. The normalized spacial score (nSPS) is 11.3. The Bertz CT molecular complexity index is 1050. The van der Waals surface area contributed by atoms with Crippen LogP contribution in [0.15, 0.2) is 72.8 Å². The molecule has 0 fully saturated rings. The molecule has 0 spiro atoms. The second kappa shape index (κ2) is 10.3. The summed E-state index contributed by atoms with van der Waals surface area (Å²) in [7, 11) is 1.55. The van der Waals surface area contributed by atoms with E-state index in [4.69, 9.17) is 9.47 Å². The molecule has 6 heteroatoms. The van der Waals surface area contributed by atoms with E-state index >= 15 is 0 Å². The molecule has 0 aliphatic carbocycles. The van der Waals surface area contributed by atoms with Gasteiger partial charge in [0.15, 0.2) is 6.10 Å². The van der Waals surface area contributed by atoms with Gasteiger partial charge in [-0.15, -0.1) is 0 Å². The molecule has 1 atom stereocenters. The zero-order chi connectivity index (χ0) is 22.2. The highest BCUT2D eigenvalue weighted by Crippen LogP contribution is 2.24. The molecule has 0 heterocycles. The van der Waals surface area contributed by atoms with Crippen molar-refractivity contribution in [3.05, 3.63) is 83.9 Å². The number of benzene rings is 3. The number of para-hydroxylation sites is 3. The molecule has 6 nitrogen and oxygen atoms in total.